The third-order valence-electron chi connectivity index (χ3n) is 3.83. The predicted octanol–water partition coefficient (Wildman–Crippen LogP) is 3.96. The van der Waals surface area contributed by atoms with Gasteiger partial charge in [0.2, 0.25) is 0 Å². The van der Waals surface area contributed by atoms with Gasteiger partial charge in [0.05, 0.1) is 0 Å². The summed E-state index contributed by atoms with van der Waals surface area (Å²) in [6, 6.07) is 2.54. The smallest absolute Gasteiger partial charge is 0.165 e. The van der Waals surface area contributed by atoms with Crippen LogP contribution in [0, 0.1) is 5.41 Å². The van der Waals surface area contributed by atoms with Gasteiger partial charge in [-0.1, -0.05) is 20.8 Å². The minimum atomic E-state index is 0.109. The highest BCUT2D eigenvalue weighted by molar-refractivity contribution is 7.98. The first-order valence-corrected chi connectivity index (χ1v) is 8.09. The Hall–Kier alpha value is -0.700. The topological polar surface area (TPSA) is 22.0 Å². The van der Waals surface area contributed by atoms with E-state index >= 15 is 0 Å². The molecule has 0 radical (unpaired) electrons. The molecule has 1 atom stereocenters. The van der Waals surface area contributed by atoms with E-state index in [9.17, 15) is 4.79 Å². The van der Waals surface area contributed by atoms with Crippen molar-refractivity contribution < 1.29 is 4.79 Å². The van der Waals surface area contributed by atoms with E-state index in [0.717, 1.165) is 24.2 Å². The highest BCUT2D eigenvalue weighted by Gasteiger charge is 2.33. The minimum absolute atomic E-state index is 0.109. The fraction of sp³-hybridized carbons (Fsp3) is 0.667. The van der Waals surface area contributed by atoms with Crippen LogP contribution in [0.5, 0.6) is 0 Å². The van der Waals surface area contributed by atoms with Crippen LogP contribution in [0.25, 0.3) is 0 Å². The highest BCUT2D eigenvalue weighted by atomic mass is 32.2. The Labute approximate surface area is 114 Å². The van der Waals surface area contributed by atoms with E-state index in [0.29, 0.717) is 18.2 Å². The minimum Gasteiger partial charge on any atom is -0.347 e. The molecule has 2 nitrogen and oxygen atoms in total. The van der Waals surface area contributed by atoms with Gasteiger partial charge in [-0.15, -0.1) is 0 Å². The van der Waals surface area contributed by atoms with Crippen molar-refractivity contribution in [1.82, 2.24) is 4.57 Å². The zero-order chi connectivity index (χ0) is 13.3. The summed E-state index contributed by atoms with van der Waals surface area (Å²) in [5.74, 6) is 1.44. The third kappa shape index (κ3) is 2.51. The molecule has 2 rings (SSSR count). The van der Waals surface area contributed by atoms with Crippen LogP contribution in [0.3, 0.4) is 0 Å². The molecule has 1 heterocycles. The average Bonchev–Trinajstić information content (AvgIpc) is 2.68. The molecule has 0 amide bonds. The summed E-state index contributed by atoms with van der Waals surface area (Å²) in [5, 5.41) is 0. The molecule has 0 N–H and O–H groups in total. The van der Waals surface area contributed by atoms with Gasteiger partial charge in [0.1, 0.15) is 0 Å². The van der Waals surface area contributed by atoms with Gasteiger partial charge in [-0.25, -0.2) is 0 Å². The van der Waals surface area contributed by atoms with Crippen LogP contribution in [0.4, 0.5) is 0 Å². The van der Waals surface area contributed by atoms with E-state index in [1.165, 1.54) is 5.69 Å². The van der Waals surface area contributed by atoms with Crippen LogP contribution < -0.4 is 0 Å². The molecule has 1 aliphatic rings. The standard InChI is InChI=1S/C15H23NOS/c1-5-11(10-18-4)16-7-6-12-13(16)8-15(2,3)9-14(12)17/h6-7,11H,5,8-10H2,1-4H3. The molecule has 0 aromatic carbocycles. The third-order valence-corrected chi connectivity index (χ3v) is 4.55. The van der Waals surface area contributed by atoms with Crippen molar-refractivity contribution in [3.8, 4) is 0 Å². The summed E-state index contributed by atoms with van der Waals surface area (Å²) >= 11 is 1.88. The Balaban J connectivity index is 2.38. The molecule has 0 saturated heterocycles. The number of rotatable bonds is 4. The van der Waals surface area contributed by atoms with Crippen molar-refractivity contribution in [3.63, 3.8) is 0 Å². The van der Waals surface area contributed by atoms with Crippen LogP contribution >= 0.6 is 11.8 Å². The van der Waals surface area contributed by atoms with Gasteiger partial charge in [-0.2, -0.15) is 11.8 Å². The molecule has 0 spiro atoms. The summed E-state index contributed by atoms with van der Waals surface area (Å²) in [5.41, 5.74) is 2.34. The Morgan fingerprint density at radius 2 is 2.17 bits per heavy atom. The maximum Gasteiger partial charge on any atom is 0.165 e. The fourth-order valence-electron chi connectivity index (χ4n) is 2.90. The molecule has 1 unspecified atom stereocenters. The molecule has 3 heteroatoms. The van der Waals surface area contributed by atoms with Gasteiger partial charge in [-0.3, -0.25) is 4.79 Å². The molecule has 0 saturated carbocycles. The van der Waals surface area contributed by atoms with E-state index in [1.54, 1.807) is 0 Å². The lowest BCUT2D eigenvalue weighted by Gasteiger charge is -2.31. The highest BCUT2D eigenvalue weighted by Crippen LogP contribution is 2.36. The van der Waals surface area contributed by atoms with E-state index in [1.807, 2.05) is 17.8 Å². The molecule has 18 heavy (non-hydrogen) atoms. The summed E-state index contributed by atoms with van der Waals surface area (Å²) in [6.07, 6.45) is 7.09. The van der Waals surface area contributed by atoms with Crippen LogP contribution in [0.1, 0.15) is 55.7 Å². The summed E-state index contributed by atoms with van der Waals surface area (Å²) in [4.78, 5) is 12.2. The monoisotopic (exact) mass is 265 g/mol. The average molecular weight is 265 g/mol. The molecule has 1 aromatic heterocycles. The van der Waals surface area contributed by atoms with E-state index in [-0.39, 0.29) is 5.41 Å². The van der Waals surface area contributed by atoms with Gasteiger partial charge in [-0.05, 0) is 30.6 Å². The number of ketones is 1. The first-order chi connectivity index (χ1) is 8.48. The second-order valence-corrected chi connectivity index (χ2v) is 6.95. The molecule has 0 bridgehead atoms. The number of hydrogen-bond donors (Lipinski definition) is 0. The van der Waals surface area contributed by atoms with Crippen molar-refractivity contribution in [1.29, 1.82) is 0 Å². The lowest BCUT2D eigenvalue weighted by Crippen LogP contribution is -2.29. The van der Waals surface area contributed by atoms with Crippen LogP contribution in [-0.4, -0.2) is 22.4 Å². The van der Waals surface area contributed by atoms with Gasteiger partial charge < -0.3 is 4.57 Å². The summed E-state index contributed by atoms with van der Waals surface area (Å²) in [6.45, 7) is 6.62. The zero-order valence-corrected chi connectivity index (χ0v) is 12.6. The number of aromatic nitrogens is 1. The van der Waals surface area contributed by atoms with E-state index < -0.39 is 0 Å². The van der Waals surface area contributed by atoms with Crippen molar-refractivity contribution in [2.75, 3.05) is 12.0 Å². The SMILES string of the molecule is CCC(CSC)n1ccc2c1CC(C)(C)CC2=O. The number of carbonyl (C=O) groups is 1. The molecular weight excluding hydrogens is 242 g/mol. The first kappa shape index (κ1) is 13.7. The Bertz CT molecular complexity index is 447. The molecule has 100 valence electrons. The van der Waals surface area contributed by atoms with Gasteiger partial charge >= 0.3 is 0 Å². The van der Waals surface area contributed by atoms with Crippen LogP contribution in [0.15, 0.2) is 12.3 Å². The number of carbonyl (C=O) groups excluding carboxylic acids is 1. The molecular formula is C15H23NOS. The quantitative estimate of drug-likeness (QED) is 0.822. The maximum atomic E-state index is 12.2. The Morgan fingerprint density at radius 1 is 1.44 bits per heavy atom. The number of Topliss-reactive ketones (excluding diaryl/α,β-unsaturated/α-hetero) is 1. The van der Waals surface area contributed by atoms with Crippen molar-refractivity contribution in [2.24, 2.45) is 5.41 Å². The normalized spacial score (nSPS) is 19.7. The van der Waals surface area contributed by atoms with Crippen molar-refractivity contribution >= 4 is 17.5 Å². The number of nitrogens with zero attached hydrogens (tertiary/aromatic N) is 1. The lowest BCUT2D eigenvalue weighted by atomic mass is 9.76. The molecule has 0 aliphatic heterocycles. The largest absolute Gasteiger partial charge is 0.347 e. The number of hydrogen-bond acceptors (Lipinski definition) is 2. The van der Waals surface area contributed by atoms with Gasteiger partial charge in [0.15, 0.2) is 5.78 Å². The second kappa shape index (κ2) is 5.12. The Morgan fingerprint density at radius 3 is 2.78 bits per heavy atom. The van der Waals surface area contributed by atoms with Crippen molar-refractivity contribution in [2.45, 2.75) is 46.1 Å². The van der Waals surface area contributed by atoms with Gasteiger partial charge in [0, 0.05) is 35.7 Å². The predicted molar refractivity (Wildman–Crippen MR) is 78.6 cm³/mol. The van der Waals surface area contributed by atoms with Crippen LogP contribution in [0.2, 0.25) is 0 Å². The van der Waals surface area contributed by atoms with E-state index in [4.69, 9.17) is 0 Å². The molecule has 0 fully saturated rings. The fourth-order valence-corrected chi connectivity index (χ4v) is 3.68. The zero-order valence-electron chi connectivity index (χ0n) is 11.8. The Kier molecular flexibility index (Phi) is 3.90. The molecule has 1 aromatic rings. The second-order valence-electron chi connectivity index (χ2n) is 6.04. The van der Waals surface area contributed by atoms with Gasteiger partial charge in [0.25, 0.3) is 0 Å². The van der Waals surface area contributed by atoms with Crippen molar-refractivity contribution in [3.05, 3.63) is 23.5 Å². The van der Waals surface area contributed by atoms with E-state index in [2.05, 4.69) is 37.8 Å². The maximum absolute atomic E-state index is 12.2. The molecule has 1 aliphatic carbocycles. The lowest BCUT2D eigenvalue weighted by molar-refractivity contribution is 0.0909. The number of fused-ring (bicyclic) bond motifs is 1. The van der Waals surface area contributed by atoms with Crippen LogP contribution in [-0.2, 0) is 6.42 Å². The number of thioether (sulfide) groups is 1. The first-order valence-electron chi connectivity index (χ1n) is 6.70. The summed E-state index contributed by atoms with van der Waals surface area (Å²) < 4.78 is 2.35. The summed E-state index contributed by atoms with van der Waals surface area (Å²) in [7, 11) is 0.